The van der Waals surface area contributed by atoms with Crippen molar-refractivity contribution in [1.29, 1.82) is 0 Å². The average Bonchev–Trinajstić information content (AvgIpc) is 3.76. The summed E-state index contributed by atoms with van der Waals surface area (Å²) in [4.78, 5) is 2.40. The first kappa shape index (κ1) is 39.4. The molecule has 0 aliphatic heterocycles. The van der Waals surface area contributed by atoms with E-state index in [1.807, 2.05) is 0 Å². The highest BCUT2D eigenvalue weighted by Gasteiger charge is 2.21. The topological polar surface area (TPSA) is 8.17 Å². The lowest BCUT2D eigenvalue weighted by Gasteiger charge is -2.27. The van der Waals surface area contributed by atoms with E-state index in [4.69, 9.17) is 0 Å². The molecule has 2 heteroatoms. The lowest BCUT2D eigenvalue weighted by molar-refractivity contribution is 1.18. The number of para-hydroxylation sites is 2. The highest BCUT2D eigenvalue weighted by molar-refractivity contribution is 6.22. The summed E-state index contributed by atoms with van der Waals surface area (Å²) in [7, 11) is 0. The van der Waals surface area contributed by atoms with Crippen LogP contribution in [0.1, 0.15) is 0 Å². The van der Waals surface area contributed by atoms with Crippen LogP contribution in [0.4, 0.5) is 17.1 Å². The van der Waals surface area contributed by atoms with Gasteiger partial charge in [0.05, 0.1) is 11.0 Å². The highest BCUT2D eigenvalue weighted by Crippen LogP contribution is 2.47. The minimum Gasteiger partial charge on any atom is -0.310 e. The van der Waals surface area contributed by atoms with Gasteiger partial charge >= 0.3 is 0 Å². The molecule has 0 radical (unpaired) electrons. The van der Waals surface area contributed by atoms with Crippen LogP contribution < -0.4 is 4.90 Å². The van der Waals surface area contributed by atoms with E-state index in [9.17, 15) is 0 Å². The van der Waals surface area contributed by atoms with E-state index in [0.29, 0.717) is 0 Å². The summed E-state index contributed by atoms with van der Waals surface area (Å²) in [5, 5.41) is 9.92. The van der Waals surface area contributed by atoms with Gasteiger partial charge < -0.3 is 9.47 Å². The largest absolute Gasteiger partial charge is 0.310 e. The monoisotopic (exact) mass is 864 g/mol. The molecule has 0 atom stereocenters. The molecule has 0 bridgehead atoms. The van der Waals surface area contributed by atoms with Crippen molar-refractivity contribution in [2.45, 2.75) is 0 Å². The van der Waals surface area contributed by atoms with Crippen LogP contribution in [0.15, 0.2) is 267 Å². The molecule has 0 fully saturated rings. The molecule has 2 nitrogen and oxygen atoms in total. The maximum atomic E-state index is 2.41. The van der Waals surface area contributed by atoms with Gasteiger partial charge in [0.1, 0.15) is 0 Å². The summed E-state index contributed by atoms with van der Waals surface area (Å²) < 4.78 is 2.39. The van der Waals surface area contributed by atoms with E-state index < -0.39 is 0 Å². The average molecular weight is 865 g/mol. The number of nitrogens with zero attached hydrogens (tertiary/aromatic N) is 2. The Morgan fingerprint density at radius 2 is 0.809 bits per heavy atom. The quantitative estimate of drug-likeness (QED) is 0.138. The fourth-order valence-electron chi connectivity index (χ4n) is 10.7. The molecule has 0 amide bonds. The molecule has 0 aliphatic carbocycles. The number of hydrogen-bond acceptors (Lipinski definition) is 1. The number of aromatic nitrogens is 1. The lowest BCUT2D eigenvalue weighted by Crippen LogP contribution is -2.10. The summed E-state index contributed by atoms with van der Waals surface area (Å²) in [6.45, 7) is 0. The molecule has 1 aromatic heterocycles. The molecule has 0 N–H and O–H groups in total. The molecule has 0 saturated heterocycles. The zero-order valence-corrected chi connectivity index (χ0v) is 37.3. The zero-order chi connectivity index (χ0) is 45.0. The van der Waals surface area contributed by atoms with E-state index in [-0.39, 0.29) is 0 Å². The van der Waals surface area contributed by atoms with Gasteiger partial charge in [-0.05, 0) is 144 Å². The van der Waals surface area contributed by atoms with Crippen LogP contribution in [0, 0.1) is 0 Å². The van der Waals surface area contributed by atoms with Gasteiger partial charge in [-0.2, -0.15) is 0 Å². The molecule has 0 aliphatic rings. The molecule has 318 valence electrons. The van der Waals surface area contributed by atoms with Gasteiger partial charge in [-0.25, -0.2) is 0 Å². The molecule has 68 heavy (non-hydrogen) atoms. The zero-order valence-electron chi connectivity index (χ0n) is 37.3. The van der Waals surface area contributed by atoms with Crippen molar-refractivity contribution in [2.24, 2.45) is 0 Å². The van der Waals surface area contributed by atoms with Crippen LogP contribution in [0.3, 0.4) is 0 Å². The molecular weight excluding hydrogens is 821 g/mol. The standard InChI is InChI=1S/C66H44N2/c1-4-19-47(20-5-1)64-59-29-13-12-28-57(59)58-41-37-50(44-61(58)65(64)48-21-6-2-7-22-48)46-34-38-53(39-35-46)67(55-40-36-45-18-10-11-23-49(45)42-55)54-27-16-24-51(43-54)56-31-17-33-63-66(56)60-30-14-15-32-62(60)68(63)52-25-8-3-9-26-52/h1-44H. The predicted molar refractivity (Wildman–Crippen MR) is 290 cm³/mol. The van der Waals surface area contributed by atoms with Crippen molar-refractivity contribution >= 4 is 71.2 Å². The molecule has 0 saturated carbocycles. The van der Waals surface area contributed by atoms with Crippen LogP contribution in [-0.2, 0) is 0 Å². The number of fused-ring (bicyclic) bond motifs is 7. The first-order valence-corrected chi connectivity index (χ1v) is 23.4. The normalized spacial score (nSPS) is 11.5. The minimum atomic E-state index is 1.09. The fourth-order valence-corrected chi connectivity index (χ4v) is 10.7. The van der Waals surface area contributed by atoms with Crippen molar-refractivity contribution < 1.29 is 0 Å². The van der Waals surface area contributed by atoms with Crippen molar-refractivity contribution in [3.63, 3.8) is 0 Å². The maximum absolute atomic E-state index is 2.41. The third-order valence-electron chi connectivity index (χ3n) is 13.7. The Balaban J connectivity index is 0.962. The van der Waals surface area contributed by atoms with E-state index in [1.54, 1.807) is 0 Å². The third-order valence-corrected chi connectivity index (χ3v) is 13.7. The summed E-state index contributed by atoms with van der Waals surface area (Å²) in [6.07, 6.45) is 0. The van der Waals surface area contributed by atoms with Crippen LogP contribution in [-0.4, -0.2) is 4.57 Å². The minimum absolute atomic E-state index is 1.09. The van der Waals surface area contributed by atoms with Crippen LogP contribution in [0.25, 0.3) is 104 Å². The molecule has 0 spiro atoms. The summed E-state index contributed by atoms with van der Waals surface area (Å²) >= 11 is 0. The van der Waals surface area contributed by atoms with Crippen molar-refractivity contribution in [1.82, 2.24) is 4.57 Å². The Hall–Kier alpha value is -8.98. The Morgan fingerprint density at radius 3 is 1.57 bits per heavy atom. The lowest BCUT2D eigenvalue weighted by atomic mass is 9.84. The van der Waals surface area contributed by atoms with Crippen molar-refractivity contribution in [3.8, 4) is 50.2 Å². The Labute approximate surface area is 395 Å². The molecule has 13 rings (SSSR count). The number of benzene rings is 12. The number of rotatable bonds is 8. The maximum Gasteiger partial charge on any atom is 0.0547 e. The van der Waals surface area contributed by atoms with Crippen LogP contribution in [0.5, 0.6) is 0 Å². The molecule has 1 heterocycles. The first-order valence-electron chi connectivity index (χ1n) is 23.4. The van der Waals surface area contributed by atoms with Crippen molar-refractivity contribution in [2.75, 3.05) is 4.90 Å². The van der Waals surface area contributed by atoms with Gasteiger partial charge in [0.2, 0.25) is 0 Å². The number of hydrogen-bond donors (Lipinski definition) is 0. The Morgan fingerprint density at radius 1 is 0.265 bits per heavy atom. The molecule has 0 unspecified atom stereocenters. The van der Waals surface area contributed by atoms with Gasteiger partial charge in [0.15, 0.2) is 0 Å². The smallest absolute Gasteiger partial charge is 0.0547 e. The molecule has 13 aromatic rings. The van der Waals surface area contributed by atoms with E-state index in [0.717, 1.165) is 28.3 Å². The van der Waals surface area contributed by atoms with E-state index in [1.165, 1.54) is 93.1 Å². The van der Waals surface area contributed by atoms with Gasteiger partial charge in [-0.1, -0.05) is 200 Å². The van der Waals surface area contributed by atoms with Gasteiger partial charge in [-0.15, -0.1) is 0 Å². The second-order valence-corrected chi connectivity index (χ2v) is 17.6. The molecule has 12 aromatic carbocycles. The van der Waals surface area contributed by atoms with Gasteiger partial charge in [0, 0.05) is 33.5 Å². The van der Waals surface area contributed by atoms with E-state index >= 15 is 0 Å². The predicted octanol–water partition coefficient (Wildman–Crippen LogP) is 18.4. The SMILES string of the molecule is c1ccc(-c2c(-c3ccccc3)c3cc(-c4ccc(N(c5cccc(-c6cccc7c6c6ccccc6n7-c6ccccc6)c5)c5ccc6ccccc6c5)cc4)ccc3c3ccccc23)cc1. The second-order valence-electron chi connectivity index (χ2n) is 17.6. The number of anilines is 3. The fraction of sp³-hybridized carbons (Fsp3) is 0. The van der Waals surface area contributed by atoms with Gasteiger partial charge in [-0.3, -0.25) is 0 Å². The molecular formula is C66H44N2. The van der Waals surface area contributed by atoms with Crippen LogP contribution >= 0.6 is 0 Å². The first-order chi connectivity index (χ1) is 33.7. The summed E-state index contributed by atoms with van der Waals surface area (Å²) in [5.41, 5.74) is 16.5. The second kappa shape index (κ2) is 16.5. The Kier molecular flexibility index (Phi) is 9.54. The third kappa shape index (κ3) is 6.65. The van der Waals surface area contributed by atoms with Gasteiger partial charge in [0.25, 0.3) is 0 Å². The Bertz CT molecular complexity index is 4000. The summed E-state index contributed by atoms with van der Waals surface area (Å²) in [6, 6.07) is 97.5. The van der Waals surface area contributed by atoms with Crippen LogP contribution in [0.2, 0.25) is 0 Å². The summed E-state index contributed by atoms with van der Waals surface area (Å²) in [5.74, 6) is 0. The highest BCUT2D eigenvalue weighted by atomic mass is 15.1. The van der Waals surface area contributed by atoms with Crippen molar-refractivity contribution in [3.05, 3.63) is 267 Å². The van der Waals surface area contributed by atoms with E-state index in [2.05, 4.69) is 276 Å².